The molecule has 180 valence electrons. The second-order valence-corrected chi connectivity index (χ2v) is 7.42. The Hall–Kier alpha value is -3.89. The molecule has 0 saturated heterocycles. The van der Waals surface area contributed by atoms with Crippen LogP contribution in [0, 0.1) is 0 Å². The molecule has 3 rings (SSSR count). The number of ether oxygens (including phenoxy) is 1. The van der Waals surface area contributed by atoms with Gasteiger partial charge in [0.05, 0.1) is 12.1 Å². The number of hydrogen-bond acceptors (Lipinski definition) is 5. The quantitative estimate of drug-likeness (QED) is 0.449. The summed E-state index contributed by atoms with van der Waals surface area (Å²) in [6.45, 7) is 2.05. The zero-order valence-electron chi connectivity index (χ0n) is 18.2. The molecule has 1 aromatic heterocycles. The number of amides is 1. The van der Waals surface area contributed by atoms with Crippen LogP contribution in [-0.4, -0.2) is 38.3 Å². The van der Waals surface area contributed by atoms with Crippen molar-refractivity contribution in [2.24, 2.45) is 0 Å². The van der Waals surface area contributed by atoms with E-state index in [2.05, 4.69) is 15.4 Å². The molecule has 0 radical (unpaired) electrons. The van der Waals surface area contributed by atoms with Crippen LogP contribution in [0.4, 0.5) is 13.2 Å². The van der Waals surface area contributed by atoms with E-state index in [1.807, 2.05) is 6.92 Å². The molecule has 0 aliphatic rings. The summed E-state index contributed by atoms with van der Waals surface area (Å²) in [4.78, 5) is 26.0. The summed E-state index contributed by atoms with van der Waals surface area (Å²) in [5, 5.41) is 14.7. The van der Waals surface area contributed by atoms with Crippen LogP contribution < -0.4 is 10.1 Å². The molecule has 2 N–H and O–H groups in total. The highest BCUT2D eigenvalue weighted by molar-refractivity contribution is 5.94. The van der Waals surface area contributed by atoms with Gasteiger partial charge in [-0.05, 0) is 48.4 Å². The number of aliphatic carboxylic acids is 1. The van der Waals surface area contributed by atoms with Crippen LogP contribution in [-0.2, 0) is 11.0 Å². The number of carboxylic acid groups (broad SMARTS) is 1. The molecular formula is C23H23F3N4O4. The zero-order chi connectivity index (χ0) is 24.7. The molecule has 1 heterocycles. The van der Waals surface area contributed by atoms with Gasteiger partial charge >= 0.3 is 12.1 Å². The third-order valence-corrected chi connectivity index (χ3v) is 4.84. The standard InChI is InChI=1S/C23H23F3N4O4/c1-2-3-19(15-4-6-16(7-5-15)21(33)27-13-12-20(31)32)34-18-10-8-17(9-11-18)30-14-28-22(29-30)23(24,25)26/h4-11,14,19H,2-3,12-13H2,1H3,(H,27,33)(H,31,32). The number of benzene rings is 2. The summed E-state index contributed by atoms with van der Waals surface area (Å²) in [7, 11) is 0. The van der Waals surface area contributed by atoms with Gasteiger partial charge in [0.25, 0.3) is 11.7 Å². The molecule has 0 spiro atoms. The monoisotopic (exact) mass is 476 g/mol. The van der Waals surface area contributed by atoms with Crippen LogP contribution in [0.1, 0.15) is 54.0 Å². The highest BCUT2D eigenvalue weighted by atomic mass is 19.4. The number of hydrogen-bond donors (Lipinski definition) is 2. The van der Waals surface area contributed by atoms with E-state index in [0.29, 0.717) is 23.4 Å². The summed E-state index contributed by atoms with van der Waals surface area (Å²) in [5.74, 6) is -2.04. The van der Waals surface area contributed by atoms with Crippen molar-refractivity contribution in [3.05, 3.63) is 71.8 Å². The van der Waals surface area contributed by atoms with Crippen molar-refractivity contribution in [2.45, 2.75) is 38.5 Å². The minimum atomic E-state index is -4.61. The van der Waals surface area contributed by atoms with Gasteiger partial charge in [-0.2, -0.15) is 13.2 Å². The fraction of sp³-hybridized carbons (Fsp3) is 0.304. The molecule has 0 saturated carbocycles. The summed E-state index contributed by atoms with van der Waals surface area (Å²) >= 11 is 0. The molecule has 0 bridgehead atoms. The topological polar surface area (TPSA) is 106 Å². The Morgan fingerprint density at radius 2 is 1.79 bits per heavy atom. The molecule has 1 amide bonds. The maximum Gasteiger partial charge on any atom is 0.453 e. The highest BCUT2D eigenvalue weighted by Crippen LogP contribution is 2.28. The number of nitrogens with one attached hydrogen (secondary N) is 1. The summed E-state index contributed by atoms with van der Waals surface area (Å²) in [6, 6.07) is 13.3. The summed E-state index contributed by atoms with van der Waals surface area (Å²) in [5.41, 5.74) is 1.65. The maximum atomic E-state index is 12.7. The lowest BCUT2D eigenvalue weighted by Gasteiger charge is -2.19. The van der Waals surface area contributed by atoms with Crippen molar-refractivity contribution in [1.82, 2.24) is 20.1 Å². The van der Waals surface area contributed by atoms with Gasteiger partial charge in [0.1, 0.15) is 18.2 Å². The average molecular weight is 476 g/mol. The molecule has 0 aliphatic carbocycles. The molecule has 1 unspecified atom stereocenters. The third kappa shape index (κ3) is 6.56. The second kappa shape index (κ2) is 10.8. The Bertz CT molecular complexity index is 1110. The number of alkyl halides is 3. The average Bonchev–Trinajstić information content (AvgIpc) is 3.30. The zero-order valence-corrected chi connectivity index (χ0v) is 18.2. The molecule has 0 fully saturated rings. The van der Waals surface area contributed by atoms with E-state index < -0.39 is 18.0 Å². The van der Waals surface area contributed by atoms with Crippen LogP contribution in [0.3, 0.4) is 0 Å². The lowest BCUT2D eigenvalue weighted by Crippen LogP contribution is -2.26. The Kier molecular flexibility index (Phi) is 7.87. The van der Waals surface area contributed by atoms with Crippen LogP contribution >= 0.6 is 0 Å². The lowest BCUT2D eigenvalue weighted by atomic mass is 10.0. The first-order valence-electron chi connectivity index (χ1n) is 10.5. The Morgan fingerprint density at radius 3 is 2.35 bits per heavy atom. The Labute approximate surface area is 193 Å². The number of rotatable bonds is 10. The maximum absolute atomic E-state index is 12.7. The van der Waals surface area contributed by atoms with Crippen LogP contribution in [0.2, 0.25) is 0 Å². The molecule has 11 heteroatoms. The smallest absolute Gasteiger partial charge is 0.453 e. The Balaban J connectivity index is 1.67. The highest BCUT2D eigenvalue weighted by Gasteiger charge is 2.35. The molecule has 8 nitrogen and oxygen atoms in total. The minimum absolute atomic E-state index is 0.0413. The van der Waals surface area contributed by atoms with Crippen LogP contribution in [0.25, 0.3) is 5.69 Å². The van der Waals surface area contributed by atoms with Gasteiger partial charge in [-0.3, -0.25) is 9.59 Å². The number of carboxylic acids is 1. The summed E-state index contributed by atoms with van der Waals surface area (Å²) < 4.78 is 45.3. The second-order valence-electron chi connectivity index (χ2n) is 7.42. The number of halogens is 3. The van der Waals surface area contributed by atoms with E-state index in [4.69, 9.17) is 9.84 Å². The lowest BCUT2D eigenvalue weighted by molar-refractivity contribution is -0.144. The van der Waals surface area contributed by atoms with Gasteiger partial charge in [-0.15, -0.1) is 5.10 Å². The van der Waals surface area contributed by atoms with E-state index in [-0.39, 0.29) is 25.0 Å². The number of carbonyl (C=O) groups excluding carboxylic acids is 1. The molecular weight excluding hydrogens is 453 g/mol. The van der Waals surface area contributed by atoms with Crippen molar-refractivity contribution < 1.29 is 32.6 Å². The van der Waals surface area contributed by atoms with Gasteiger partial charge in [0.2, 0.25) is 0 Å². The fourth-order valence-corrected chi connectivity index (χ4v) is 3.15. The van der Waals surface area contributed by atoms with E-state index in [0.717, 1.165) is 23.0 Å². The predicted molar refractivity (Wildman–Crippen MR) is 116 cm³/mol. The van der Waals surface area contributed by atoms with E-state index >= 15 is 0 Å². The molecule has 34 heavy (non-hydrogen) atoms. The SMILES string of the molecule is CCCC(Oc1ccc(-n2cnc(C(F)(F)F)n2)cc1)c1ccc(C(=O)NCCC(=O)O)cc1. The van der Waals surface area contributed by atoms with Crippen molar-refractivity contribution >= 4 is 11.9 Å². The van der Waals surface area contributed by atoms with Crippen molar-refractivity contribution in [2.75, 3.05) is 6.54 Å². The van der Waals surface area contributed by atoms with Crippen LogP contribution in [0.5, 0.6) is 5.75 Å². The number of carbonyl (C=O) groups is 2. The minimum Gasteiger partial charge on any atom is -0.486 e. The molecule has 3 aromatic rings. The first kappa shape index (κ1) is 24.7. The van der Waals surface area contributed by atoms with Gasteiger partial charge < -0.3 is 15.2 Å². The Morgan fingerprint density at radius 1 is 1.12 bits per heavy atom. The first-order chi connectivity index (χ1) is 16.2. The van der Waals surface area contributed by atoms with E-state index in [1.165, 1.54) is 0 Å². The molecule has 0 aliphatic heterocycles. The number of aromatic nitrogens is 3. The van der Waals surface area contributed by atoms with Gasteiger partial charge in [-0.1, -0.05) is 25.5 Å². The third-order valence-electron chi connectivity index (χ3n) is 4.84. The molecule has 1 atom stereocenters. The predicted octanol–water partition coefficient (Wildman–Crippen LogP) is 4.41. The van der Waals surface area contributed by atoms with Gasteiger partial charge in [0.15, 0.2) is 0 Å². The van der Waals surface area contributed by atoms with Crippen molar-refractivity contribution in [3.63, 3.8) is 0 Å². The van der Waals surface area contributed by atoms with Crippen molar-refractivity contribution in [3.8, 4) is 11.4 Å². The fourth-order valence-electron chi connectivity index (χ4n) is 3.15. The van der Waals surface area contributed by atoms with Crippen LogP contribution in [0.15, 0.2) is 54.9 Å². The van der Waals surface area contributed by atoms with Gasteiger partial charge in [-0.25, -0.2) is 9.67 Å². The largest absolute Gasteiger partial charge is 0.486 e. The molecule has 2 aromatic carbocycles. The number of nitrogens with zero attached hydrogens (tertiary/aromatic N) is 3. The normalized spacial score (nSPS) is 12.2. The van der Waals surface area contributed by atoms with E-state index in [9.17, 15) is 22.8 Å². The van der Waals surface area contributed by atoms with E-state index in [1.54, 1.807) is 48.5 Å². The van der Waals surface area contributed by atoms with Gasteiger partial charge in [0, 0.05) is 12.1 Å². The summed E-state index contributed by atoms with van der Waals surface area (Å²) in [6.07, 6.45) is -2.55. The first-order valence-corrected chi connectivity index (χ1v) is 10.5. The van der Waals surface area contributed by atoms with Crippen molar-refractivity contribution in [1.29, 1.82) is 0 Å².